The summed E-state index contributed by atoms with van der Waals surface area (Å²) in [5.74, 6) is -0.346. The molecule has 118 valence electrons. The number of nitrogens with zero attached hydrogens (tertiary/aromatic N) is 3. The molecular weight excluding hydrogens is 294 g/mol. The number of nitrogens with one attached hydrogen (secondary N) is 1. The van der Waals surface area contributed by atoms with Crippen LogP contribution in [0.15, 0.2) is 11.1 Å². The SMILES string of the molecule is CCCn1cc(S(=O)(=O)N(C)CC(=O)NC2CC2)c(N)n1. The summed E-state index contributed by atoms with van der Waals surface area (Å²) in [6.07, 6.45) is 4.14. The molecule has 0 radical (unpaired) electrons. The monoisotopic (exact) mass is 315 g/mol. The molecule has 0 aromatic carbocycles. The van der Waals surface area contributed by atoms with Gasteiger partial charge in [0.2, 0.25) is 15.9 Å². The Bertz CT molecular complexity index is 621. The smallest absolute Gasteiger partial charge is 0.248 e. The van der Waals surface area contributed by atoms with Gasteiger partial charge >= 0.3 is 0 Å². The Morgan fingerprint density at radius 3 is 2.81 bits per heavy atom. The first-order valence-electron chi connectivity index (χ1n) is 6.93. The van der Waals surface area contributed by atoms with E-state index in [4.69, 9.17) is 5.73 Å². The minimum Gasteiger partial charge on any atom is -0.381 e. The quantitative estimate of drug-likeness (QED) is 0.722. The van der Waals surface area contributed by atoms with Crippen molar-refractivity contribution in [2.24, 2.45) is 0 Å². The first-order chi connectivity index (χ1) is 9.84. The molecule has 3 N–H and O–H groups in total. The van der Waals surface area contributed by atoms with Crippen LogP contribution in [0.25, 0.3) is 0 Å². The van der Waals surface area contributed by atoms with Gasteiger partial charge in [-0.15, -0.1) is 0 Å². The highest BCUT2D eigenvalue weighted by Gasteiger charge is 2.29. The van der Waals surface area contributed by atoms with Gasteiger partial charge in [0.05, 0.1) is 6.54 Å². The van der Waals surface area contributed by atoms with E-state index in [9.17, 15) is 13.2 Å². The lowest BCUT2D eigenvalue weighted by molar-refractivity contribution is -0.121. The average molecular weight is 315 g/mol. The number of amides is 1. The van der Waals surface area contributed by atoms with Gasteiger partial charge in [0.15, 0.2) is 5.82 Å². The number of carbonyl (C=O) groups excluding carboxylic acids is 1. The van der Waals surface area contributed by atoms with Gasteiger partial charge in [-0.05, 0) is 19.3 Å². The minimum atomic E-state index is -3.81. The summed E-state index contributed by atoms with van der Waals surface area (Å²) >= 11 is 0. The first-order valence-corrected chi connectivity index (χ1v) is 8.37. The highest BCUT2D eigenvalue weighted by molar-refractivity contribution is 7.89. The van der Waals surface area contributed by atoms with Crippen LogP contribution in [0, 0.1) is 0 Å². The molecule has 1 saturated carbocycles. The van der Waals surface area contributed by atoms with Crippen LogP contribution in [0.2, 0.25) is 0 Å². The van der Waals surface area contributed by atoms with Gasteiger partial charge in [0.25, 0.3) is 0 Å². The second-order valence-corrected chi connectivity index (χ2v) is 7.26. The van der Waals surface area contributed by atoms with E-state index in [1.165, 1.54) is 17.9 Å². The minimum absolute atomic E-state index is 0.0436. The molecule has 0 bridgehead atoms. The molecule has 1 fully saturated rings. The predicted molar refractivity (Wildman–Crippen MR) is 77.9 cm³/mol. The normalized spacial score (nSPS) is 15.4. The van der Waals surface area contributed by atoms with Crippen molar-refractivity contribution < 1.29 is 13.2 Å². The van der Waals surface area contributed by atoms with Crippen LogP contribution in [0.5, 0.6) is 0 Å². The molecule has 9 heteroatoms. The number of aryl methyl sites for hydroxylation is 1. The second-order valence-electron chi connectivity index (χ2n) is 5.24. The zero-order valence-electron chi connectivity index (χ0n) is 12.2. The molecule has 1 aromatic heterocycles. The molecule has 0 spiro atoms. The van der Waals surface area contributed by atoms with Crippen molar-refractivity contribution in [3.8, 4) is 0 Å². The summed E-state index contributed by atoms with van der Waals surface area (Å²) in [6.45, 7) is 2.32. The largest absolute Gasteiger partial charge is 0.381 e. The fraction of sp³-hybridized carbons (Fsp3) is 0.667. The van der Waals surface area contributed by atoms with Crippen LogP contribution in [0.3, 0.4) is 0 Å². The molecule has 1 amide bonds. The maximum absolute atomic E-state index is 12.4. The molecule has 21 heavy (non-hydrogen) atoms. The van der Waals surface area contributed by atoms with Crippen LogP contribution in [0.1, 0.15) is 26.2 Å². The number of nitrogens with two attached hydrogens (primary N) is 1. The van der Waals surface area contributed by atoms with Crippen LogP contribution in [-0.4, -0.2) is 48.0 Å². The number of hydrogen-bond donors (Lipinski definition) is 2. The number of aromatic nitrogens is 2. The van der Waals surface area contributed by atoms with E-state index in [1.807, 2.05) is 6.92 Å². The van der Waals surface area contributed by atoms with Crippen molar-refractivity contribution in [3.63, 3.8) is 0 Å². The van der Waals surface area contributed by atoms with Gasteiger partial charge in [0, 0.05) is 25.8 Å². The van der Waals surface area contributed by atoms with E-state index >= 15 is 0 Å². The summed E-state index contributed by atoms with van der Waals surface area (Å²) in [7, 11) is -2.45. The fourth-order valence-corrected chi connectivity index (χ4v) is 3.10. The van der Waals surface area contributed by atoms with Crippen molar-refractivity contribution in [1.82, 2.24) is 19.4 Å². The van der Waals surface area contributed by atoms with Gasteiger partial charge in [-0.25, -0.2) is 8.42 Å². The van der Waals surface area contributed by atoms with E-state index in [2.05, 4.69) is 10.4 Å². The lowest BCUT2D eigenvalue weighted by Gasteiger charge is -2.15. The van der Waals surface area contributed by atoms with E-state index < -0.39 is 10.0 Å². The van der Waals surface area contributed by atoms with E-state index in [-0.39, 0.29) is 29.2 Å². The molecule has 0 atom stereocenters. The fourth-order valence-electron chi connectivity index (χ4n) is 1.92. The Kier molecular flexibility index (Phi) is 4.52. The molecular formula is C12H21N5O3S. The van der Waals surface area contributed by atoms with Gasteiger partial charge in [-0.3, -0.25) is 9.48 Å². The Hall–Kier alpha value is -1.61. The summed E-state index contributed by atoms with van der Waals surface area (Å²) in [4.78, 5) is 11.6. The van der Waals surface area contributed by atoms with Crippen LogP contribution in [-0.2, 0) is 21.4 Å². The third kappa shape index (κ3) is 3.73. The van der Waals surface area contributed by atoms with Gasteiger partial charge in [0.1, 0.15) is 4.90 Å². The summed E-state index contributed by atoms with van der Waals surface area (Å²) in [5.41, 5.74) is 5.68. The van der Waals surface area contributed by atoms with E-state index in [0.717, 1.165) is 23.6 Å². The highest BCUT2D eigenvalue weighted by atomic mass is 32.2. The number of likely N-dealkylation sites (N-methyl/N-ethyl adjacent to an activating group) is 1. The molecule has 2 rings (SSSR count). The topological polar surface area (TPSA) is 110 Å². The predicted octanol–water partition coefficient (Wildman–Crippen LogP) is -0.226. The van der Waals surface area contributed by atoms with E-state index in [0.29, 0.717) is 6.54 Å². The van der Waals surface area contributed by atoms with Gasteiger partial charge in [-0.2, -0.15) is 9.40 Å². The van der Waals surface area contributed by atoms with Crippen molar-refractivity contribution in [2.45, 2.75) is 43.7 Å². The molecule has 1 aliphatic carbocycles. The lowest BCUT2D eigenvalue weighted by Crippen LogP contribution is -2.39. The number of rotatable bonds is 7. The van der Waals surface area contributed by atoms with Crippen molar-refractivity contribution in [2.75, 3.05) is 19.3 Å². The van der Waals surface area contributed by atoms with Gasteiger partial charge < -0.3 is 11.1 Å². The van der Waals surface area contributed by atoms with Crippen molar-refractivity contribution >= 4 is 21.7 Å². The van der Waals surface area contributed by atoms with E-state index in [1.54, 1.807) is 0 Å². The molecule has 8 nitrogen and oxygen atoms in total. The highest BCUT2D eigenvalue weighted by Crippen LogP contribution is 2.21. The third-order valence-electron chi connectivity index (χ3n) is 3.20. The third-order valence-corrected chi connectivity index (χ3v) is 5.02. The zero-order chi connectivity index (χ0) is 15.6. The summed E-state index contributed by atoms with van der Waals surface area (Å²) < 4.78 is 27.3. The van der Waals surface area contributed by atoms with Crippen molar-refractivity contribution in [3.05, 3.63) is 6.20 Å². The second kappa shape index (κ2) is 6.02. The molecule has 0 aliphatic heterocycles. The number of hydrogen-bond acceptors (Lipinski definition) is 5. The first kappa shape index (κ1) is 15.8. The Morgan fingerprint density at radius 1 is 1.57 bits per heavy atom. The van der Waals surface area contributed by atoms with Crippen LogP contribution < -0.4 is 11.1 Å². The zero-order valence-corrected chi connectivity index (χ0v) is 13.1. The Morgan fingerprint density at radius 2 is 2.24 bits per heavy atom. The molecule has 1 aliphatic rings. The molecule has 0 saturated heterocycles. The summed E-state index contributed by atoms with van der Waals surface area (Å²) in [5, 5.41) is 6.73. The van der Waals surface area contributed by atoms with Crippen LogP contribution >= 0.6 is 0 Å². The summed E-state index contributed by atoms with van der Waals surface area (Å²) in [6, 6.07) is 0.200. The number of anilines is 1. The van der Waals surface area contributed by atoms with Crippen LogP contribution in [0.4, 0.5) is 5.82 Å². The Balaban J connectivity index is 2.10. The Labute approximate surface area is 124 Å². The molecule has 1 heterocycles. The number of nitrogen functional groups attached to an aromatic ring is 1. The van der Waals surface area contributed by atoms with Crippen molar-refractivity contribution in [1.29, 1.82) is 0 Å². The maximum Gasteiger partial charge on any atom is 0.248 e. The average Bonchev–Trinajstić information content (AvgIpc) is 3.11. The molecule has 0 unspecified atom stereocenters. The maximum atomic E-state index is 12.4. The standard InChI is InChI=1S/C12H21N5O3S/c1-3-6-17-7-10(12(13)15-17)21(19,20)16(2)8-11(18)14-9-4-5-9/h7,9H,3-6,8H2,1-2H3,(H2,13,15)(H,14,18). The lowest BCUT2D eigenvalue weighted by atomic mass is 10.5. The number of carbonyl (C=O) groups is 1. The molecule has 1 aromatic rings. The number of sulfonamides is 1. The van der Waals surface area contributed by atoms with Gasteiger partial charge in [-0.1, -0.05) is 6.92 Å².